The van der Waals surface area contributed by atoms with Gasteiger partial charge in [-0.2, -0.15) is 5.26 Å². The zero-order valence-corrected chi connectivity index (χ0v) is 21.6. The highest BCUT2D eigenvalue weighted by Crippen LogP contribution is 2.69. The molecule has 3 heterocycles. The van der Waals surface area contributed by atoms with Gasteiger partial charge in [0.2, 0.25) is 11.7 Å². The van der Waals surface area contributed by atoms with Crippen molar-refractivity contribution in [2.45, 2.75) is 35.8 Å². The van der Waals surface area contributed by atoms with Crippen LogP contribution >= 0.6 is 0 Å². The molecule has 4 aliphatic rings. The number of amides is 1. The SMILES string of the molecule is COc1ccc(N2C(=O)[C@H](c3ccccc3)[C@H]2[C@H]2O[C@]3(O)c4ccccc4C(=O)[C@@]34N(C)CC[C@@]24C#N)cc1. The van der Waals surface area contributed by atoms with Crippen LogP contribution in [0, 0.1) is 16.7 Å². The van der Waals surface area contributed by atoms with Gasteiger partial charge in [-0.3, -0.25) is 14.5 Å². The summed E-state index contributed by atoms with van der Waals surface area (Å²) >= 11 is 0. The first-order valence-corrected chi connectivity index (χ1v) is 13.0. The van der Waals surface area contributed by atoms with Crippen LogP contribution in [-0.2, 0) is 15.3 Å². The second-order valence-electron chi connectivity index (χ2n) is 10.8. The van der Waals surface area contributed by atoms with Crippen LogP contribution in [0.25, 0.3) is 0 Å². The van der Waals surface area contributed by atoms with E-state index in [0.717, 1.165) is 5.56 Å². The van der Waals surface area contributed by atoms with Gasteiger partial charge in [-0.15, -0.1) is 0 Å². The minimum Gasteiger partial charge on any atom is -0.497 e. The number of hydrogen-bond acceptors (Lipinski definition) is 7. The average Bonchev–Trinajstić information content (AvgIpc) is 3.48. The molecule has 1 spiro atoms. The van der Waals surface area contributed by atoms with Crippen LogP contribution in [0.2, 0.25) is 0 Å². The number of likely N-dealkylation sites (tertiary alicyclic amines) is 1. The van der Waals surface area contributed by atoms with Crippen molar-refractivity contribution in [2.75, 3.05) is 25.6 Å². The Morgan fingerprint density at radius 2 is 1.72 bits per heavy atom. The molecule has 0 radical (unpaired) electrons. The fourth-order valence-electron chi connectivity index (χ4n) is 7.70. The smallest absolute Gasteiger partial charge is 0.237 e. The van der Waals surface area contributed by atoms with Crippen molar-refractivity contribution < 1.29 is 24.2 Å². The van der Waals surface area contributed by atoms with E-state index in [1.54, 1.807) is 72.5 Å². The van der Waals surface area contributed by atoms with E-state index in [0.29, 0.717) is 35.5 Å². The summed E-state index contributed by atoms with van der Waals surface area (Å²) in [4.78, 5) is 31.5. The van der Waals surface area contributed by atoms with Gasteiger partial charge in [0, 0.05) is 23.4 Å². The second-order valence-corrected chi connectivity index (χ2v) is 10.8. The molecule has 0 saturated carbocycles. The summed E-state index contributed by atoms with van der Waals surface area (Å²) in [5.74, 6) is -2.46. The van der Waals surface area contributed by atoms with Gasteiger partial charge in [-0.05, 0) is 43.3 Å². The van der Waals surface area contributed by atoms with Crippen LogP contribution in [0.3, 0.4) is 0 Å². The molecule has 0 aromatic heterocycles. The van der Waals surface area contributed by atoms with Crippen molar-refractivity contribution in [1.82, 2.24) is 4.90 Å². The van der Waals surface area contributed by atoms with E-state index in [4.69, 9.17) is 9.47 Å². The number of rotatable bonds is 4. The Hall–Kier alpha value is -4.03. The first-order chi connectivity index (χ1) is 18.9. The third-order valence-electron chi connectivity index (χ3n) is 9.36. The Morgan fingerprint density at radius 3 is 2.41 bits per heavy atom. The standard InChI is InChI=1S/C31H27N3O5/c1-33-17-16-29(18-32)27(39-31(37)23-11-7-6-10-22(23)26(35)30(29,31)33)25-24(19-8-4-3-5-9-19)28(36)34(25)20-12-14-21(38-2)15-13-20/h3-15,24-25,27,37H,16-17H2,1-2H3/t24-,25+,27-,29-,30+,31-/m1/s1. The molecule has 39 heavy (non-hydrogen) atoms. The number of carbonyl (C=O) groups excluding carboxylic acids is 2. The van der Waals surface area contributed by atoms with Gasteiger partial charge >= 0.3 is 0 Å². The molecule has 3 aromatic carbocycles. The number of methoxy groups -OCH3 is 1. The number of ether oxygens (including phenoxy) is 2. The number of nitrogens with zero attached hydrogens (tertiary/aromatic N) is 3. The summed E-state index contributed by atoms with van der Waals surface area (Å²) in [5, 5.41) is 23.4. The molecule has 0 bridgehead atoms. The summed E-state index contributed by atoms with van der Waals surface area (Å²) in [6, 6.07) is 25.3. The molecule has 8 heteroatoms. The van der Waals surface area contributed by atoms with Crippen molar-refractivity contribution in [3.05, 3.63) is 95.6 Å². The predicted octanol–water partition coefficient (Wildman–Crippen LogP) is 3.22. The zero-order chi connectivity index (χ0) is 27.2. The van der Waals surface area contributed by atoms with E-state index in [-0.39, 0.29) is 11.7 Å². The molecule has 8 nitrogen and oxygen atoms in total. The maximum atomic E-state index is 14.2. The minimum atomic E-state index is -2.04. The van der Waals surface area contributed by atoms with Crippen molar-refractivity contribution >= 4 is 17.4 Å². The Morgan fingerprint density at radius 1 is 1.03 bits per heavy atom. The van der Waals surface area contributed by atoms with E-state index in [2.05, 4.69) is 6.07 Å². The van der Waals surface area contributed by atoms with Gasteiger partial charge in [0.05, 0.1) is 25.1 Å². The Balaban J connectivity index is 1.43. The molecule has 1 amide bonds. The number of β-lactam (4-membered cyclic amide) rings is 1. The van der Waals surface area contributed by atoms with Crippen molar-refractivity contribution in [3.8, 4) is 11.8 Å². The Bertz CT molecular complexity index is 1550. The molecule has 6 atom stereocenters. The number of nitriles is 1. The van der Waals surface area contributed by atoms with Crippen molar-refractivity contribution in [3.63, 3.8) is 0 Å². The lowest BCUT2D eigenvalue weighted by molar-refractivity contribution is -0.238. The van der Waals surface area contributed by atoms with Crippen LogP contribution in [0.4, 0.5) is 5.69 Å². The van der Waals surface area contributed by atoms with Crippen LogP contribution in [-0.4, -0.2) is 60.1 Å². The molecule has 1 aliphatic carbocycles. The van der Waals surface area contributed by atoms with Gasteiger partial charge in [0.15, 0.2) is 11.3 Å². The number of benzene rings is 3. The number of aliphatic hydroxyl groups is 1. The Kier molecular flexibility index (Phi) is 4.93. The fraction of sp³-hybridized carbons (Fsp3) is 0.323. The number of likely N-dealkylation sites (N-methyl/N-ethyl adjacent to an activating group) is 1. The molecule has 0 unspecified atom stereocenters. The largest absolute Gasteiger partial charge is 0.497 e. The quantitative estimate of drug-likeness (QED) is 0.526. The molecule has 3 fully saturated rings. The maximum Gasteiger partial charge on any atom is 0.237 e. The van der Waals surface area contributed by atoms with Crippen LogP contribution < -0.4 is 9.64 Å². The second kappa shape index (κ2) is 7.99. The lowest BCUT2D eigenvalue weighted by Crippen LogP contribution is -2.69. The summed E-state index contributed by atoms with van der Waals surface area (Å²) in [6.45, 7) is 0.425. The highest BCUT2D eigenvalue weighted by molar-refractivity contribution is 6.11. The minimum absolute atomic E-state index is 0.135. The number of carbonyl (C=O) groups is 2. The highest BCUT2D eigenvalue weighted by atomic mass is 16.6. The normalized spacial score (nSPS) is 34.7. The van der Waals surface area contributed by atoms with Crippen LogP contribution in [0.1, 0.15) is 33.8 Å². The van der Waals surface area contributed by atoms with Gasteiger partial charge in [0.25, 0.3) is 0 Å². The first-order valence-electron chi connectivity index (χ1n) is 13.0. The zero-order valence-electron chi connectivity index (χ0n) is 21.6. The molecule has 7 rings (SSSR count). The van der Waals surface area contributed by atoms with E-state index in [1.807, 2.05) is 30.3 Å². The molecule has 1 N–H and O–H groups in total. The maximum absolute atomic E-state index is 14.2. The molecule has 3 aliphatic heterocycles. The number of ketones is 1. The van der Waals surface area contributed by atoms with Crippen LogP contribution in [0.5, 0.6) is 5.75 Å². The van der Waals surface area contributed by atoms with Crippen molar-refractivity contribution in [2.24, 2.45) is 5.41 Å². The number of anilines is 1. The van der Waals surface area contributed by atoms with E-state index in [9.17, 15) is 20.0 Å². The molecular weight excluding hydrogens is 494 g/mol. The molecule has 3 aromatic rings. The number of Topliss-reactive ketones (excluding diaryl/α,β-unsaturated/α-hetero) is 1. The lowest BCUT2D eigenvalue weighted by Gasteiger charge is -2.52. The summed E-state index contributed by atoms with van der Waals surface area (Å²) < 4.78 is 12.0. The summed E-state index contributed by atoms with van der Waals surface area (Å²) in [7, 11) is 3.34. The van der Waals surface area contributed by atoms with Gasteiger partial charge in [0.1, 0.15) is 17.3 Å². The predicted molar refractivity (Wildman–Crippen MR) is 141 cm³/mol. The average molecular weight is 522 g/mol. The summed E-state index contributed by atoms with van der Waals surface area (Å²) in [5.41, 5.74) is -0.882. The van der Waals surface area contributed by atoms with Gasteiger partial charge in [-0.1, -0.05) is 54.6 Å². The van der Waals surface area contributed by atoms with Gasteiger partial charge < -0.3 is 19.5 Å². The molecule has 3 saturated heterocycles. The van der Waals surface area contributed by atoms with Gasteiger partial charge in [-0.25, -0.2) is 0 Å². The summed E-state index contributed by atoms with van der Waals surface area (Å²) in [6.07, 6.45) is -0.630. The molecule has 196 valence electrons. The number of hydrogen-bond donors (Lipinski definition) is 1. The third-order valence-corrected chi connectivity index (χ3v) is 9.36. The van der Waals surface area contributed by atoms with Crippen LogP contribution in [0.15, 0.2) is 78.9 Å². The number of fused-ring (bicyclic) bond motifs is 2. The third kappa shape index (κ3) is 2.63. The monoisotopic (exact) mass is 521 g/mol. The first kappa shape index (κ1) is 24.0. The topological polar surface area (TPSA) is 103 Å². The lowest BCUT2D eigenvalue weighted by atomic mass is 9.61. The Labute approximate surface area is 226 Å². The van der Waals surface area contributed by atoms with E-state index < -0.39 is 34.8 Å². The molecular formula is C31H27N3O5. The van der Waals surface area contributed by atoms with Crippen molar-refractivity contribution in [1.29, 1.82) is 5.26 Å². The van der Waals surface area contributed by atoms with E-state index in [1.165, 1.54) is 0 Å². The fourth-order valence-corrected chi connectivity index (χ4v) is 7.70. The highest BCUT2D eigenvalue weighted by Gasteiger charge is 2.86. The van der Waals surface area contributed by atoms with E-state index >= 15 is 0 Å².